The van der Waals surface area contributed by atoms with Gasteiger partial charge in [0.15, 0.2) is 0 Å². The van der Waals surface area contributed by atoms with Gasteiger partial charge in [0, 0.05) is 13.3 Å². The predicted octanol–water partition coefficient (Wildman–Crippen LogP) is 1.39. The Bertz CT molecular complexity index is 427. The SMILES string of the molecule is CC(=O)NN=C(CCC(=O)O)c1ccccc1. The van der Waals surface area contributed by atoms with Crippen LogP contribution in [0.5, 0.6) is 0 Å². The Morgan fingerprint density at radius 1 is 1.24 bits per heavy atom. The number of hydrazone groups is 1. The van der Waals surface area contributed by atoms with E-state index in [4.69, 9.17) is 5.11 Å². The number of aliphatic carboxylic acids is 1. The summed E-state index contributed by atoms with van der Waals surface area (Å²) in [5.41, 5.74) is 3.69. The lowest BCUT2D eigenvalue weighted by molar-refractivity contribution is -0.136. The van der Waals surface area contributed by atoms with Crippen molar-refractivity contribution in [1.82, 2.24) is 5.43 Å². The first kappa shape index (κ1) is 12.9. The van der Waals surface area contributed by atoms with Crippen molar-refractivity contribution in [3.63, 3.8) is 0 Å². The normalized spacial score (nSPS) is 11.0. The van der Waals surface area contributed by atoms with E-state index in [0.717, 1.165) is 5.56 Å². The molecule has 5 nitrogen and oxygen atoms in total. The van der Waals surface area contributed by atoms with Crippen LogP contribution in [0.15, 0.2) is 35.4 Å². The van der Waals surface area contributed by atoms with E-state index in [-0.39, 0.29) is 18.7 Å². The molecule has 0 saturated carbocycles. The van der Waals surface area contributed by atoms with Gasteiger partial charge in [-0.3, -0.25) is 9.59 Å². The van der Waals surface area contributed by atoms with Crippen LogP contribution in [-0.2, 0) is 9.59 Å². The second-order valence-electron chi connectivity index (χ2n) is 3.49. The lowest BCUT2D eigenvalue weighted by atomic mass is 10.1. The predicted molar refractivity (Wildman–Crippen MR) is 63.7 cm³/mol. The maximum absolute atomic E-state index is 10.8. The first-order valence-electron chi connectivity index (χ1n) is 5.20. The zero-order valence-corrected chi connectivity index (χ0v) is 9.51. The average Bonchev–Trinajstić information content (AvgIpc) is 2.29. The van der Waals surface area contributed by atoms with Gasteiger partial charge < -0.3 is 5.11 Å². The van der Waals surface area contributed by atoms with Crippen LogP contribution in [0.3, 0.4) is 0 Å². The van der Waals surface area contributed by atoms with E-state index in [1.165, 1.54) is 6.92 Å². The molecule has 0 heterocycles. The van der Waals surface area contributed by atoms with Crippen molar-refractivity contribution >= 4 is 17.6 Å². The number of carboxylic acid groups (broad SMARTS) is 1. The van der Waals surface area contributed by atoms with E-state index in [2.05, 4.69) is 10.5 Å². The topological polar surface area (TPSA) is 78.8 Å². The van der Waals surface area contributed by atoms with Gasteiger partial charge in [-0.1, -0.05) is 30.3 Å². The molecule has 0 radical (unpaired) electrons. The smallest absolute Gasteiger partial charge is 0.303 e. The van der Waals surface area contributed by atoms with Crippen molar-refractivity contribution in [2.75, 3.05) is 0 Å². The first-order chi connectivity index (χ1) is 8.09. The van der Waals surface area contributed by atoms with Gasteiger partial charge in [0.05, 0.1) is 12.1 Å². The summed E-state index contributed by atoms with van der Waals surface area (Å²) in [5.74, 6) is -1.18. The fraction of sp³-hybridized carbons (Fsp3) is 0.250. The Morgan fingerprint density at radius 2 is 1.88 bits per heavy atom. The zero-order valence-electron chi connectivity index (χ0n) is 9.51. The lowest BCUT2D eigenvalue weighted by Crippen LogP contribution is -2.17. The molecule has 0 aliphatic carbocycles. The van der Waals surface area contributed by atoms with Gasteiger partial charge >= 0.3 is 5.97 Å². The Balaban J connectivity index is 2.82. The maximum atomic E-state index is 10.8. The second kappa shape index (κ2) is 6.42. The maximum Gasteiger partial charge on any atom is 0.303 e. The lowest BCUT2D eigenvalue weighted by Gasteiger charge is -2.05. The summed E-state index contributed by atoms with van der Waals surface area (Å²) in [6.07, 6.45) is 0.257. The molecule has 17 heavy (non-hydrogen) atoms. The summed E-state index contributed by atoms with van der Waals surface area (Å²) in [4.78, 5) is 21.3. The molecule has 0 aliphatic rings. The van der Waals surface area contributed by atoms with E-state index in [0.29, 0.717) is 5.71 Å². The van der Waals surface area contributed by atoms with Crippen molar-refractivity contribution in [3.05, 3.63) is 35.9 Å². The monoisotopic (exact) mass is 234 g/mol. The largest absolute Gasteiger partial charge is 0.481 e. The van der Waals surface area contributed by atoms with E-state index >= 15 is 0 Å². The van der Waals surface area contributed by atoms with Gasteiger partial charge in [-0.05, 0) is 5.56 Å². The molecular formula is C12H14N2O3. The number of hydrogen-bond donors (Lipinski definition) is 2. The highest BCUT2D eigenvalue weighted by Gasteiger charge is 2.06. The number of nitrogens with one attached hydrogen (secondary N) is 1. The number of hydrogen-bond acceptors (Lipinski definition) is 3. The van der Waals surface area contributed by atoms with Gasteiger partial charge in [-0.25, -0.2) is 5.43 Å². The van der Waals surface area contributed by atoms with Crippen LogP contribution in [-0.4, -0.2) is 22.7 Å². The summed E-state index contributed by atoms with van der Waals surface area (Å²) in [5, 5.41) is 12.6. The highest BCUT2D eigenvalue weighted by molar-refractivity contribution is 6.02. The summed E-state index contributed by atoms with van der Waals surface area (Å²) in [7, 11) is 0. The van der Waals surface area contributed by atoms with Crippen molar-refractivity contribution in [3.8, 4) is 0 Å². The summed E-state index contributed by atoms with van der Waals surface area (Å²) < 4.78 is 0. The van der Waals surface area contributed by atoms with Crippen LogP contribution < -0.4 is 5.43 Å². The van der Waals surface area contributed by atoms with Crippen LogP contribution in [0.4, 0.5) is 0 Å². The minimum Gasteiger partial charge on any atom is -0.481 e. The third-order valence-electron chi connectivity index (χ3n) is 2.03. The zero-order chi connectivity index (χ0) is 12.7. The van der Waals surface area contributed by atoms with Gasteiger partial charge in [0.1, 0.15) is 0 Å². The number of nitrogens with zero attached hydrogens (tertiary/aromatic N) is 1. The minimum absolute atomic E-state index is 0.0205. The third-order valence-corrected chi connectivity index (χ3v) is 2.03. The molecule has 5 heteroatoms. The Morgan fingerprint density at radius 3 is 2.41 bits per heavy atom. The number of rotatable bonds is 5. The molecular weight excluding hydrogens is 220 g/mol. The van der Waals surface area contributed by atoms with Crippen molar-refractivity contribution in [2.24, 2.45) is 5.10 Å². The fourth-order valence-electron chi connectivity index (χ4n) is 1.27. The number of carbonyl (C=O) groups excluding carboxylic acids is 1. The quantitative estimate of drug-likeness (QED) is 0.597. The van der Waals surface area contributed by atoms with Gasteiger partial charge in [0.2, 0.25) is 5.91 Å². The van der Waals surface area contributed by atoms with Crippen LogP contribution in [0.1, 0.15) is 25.3 Å². The number of amides is 1. The molecule has 0 bridgehead atoms. The summed E-state index contributed by atoms with van der Waals surface area (Å²) in [6.45, 7) is 1.35. The molecule has 2 N–H and O–H groups in total. The van der Waals surface area contributed by atoms with Crippen LogP contribution in [0.2, 0.25) is 0 Å². The molecule has 0 spiro atoms. The first-order valence-corrected chi connectivity index (χ1v) is 5.20. The molecule has 1 rings (SSSR count). The Kier molecular flexibility index (Phi) is 4.87. The van der Waals surface area contributed by atoms with E-state index < -0.39 is 5.97 Å². The van der Waals surface area contributed by atoms with Crippen LogP contribution in [0.25, 0.3) is 0 Å². The minimum atomic E-state index is -0.892. The van der Waals surface area contributed by atoms with E-state index in [1.54, 1.807) is 0 Å². The second-order valence-corrected chi connectivity index (χ2v) is 3.49. The Labute approximate surface area is 99.2 Å². The number of carboxylic acids is 1. The fourth-order valence-corrected chi connectivity index (χ4v) is 1.27. The summed E-state index contributed by atoms with van der Waals surface area (Å²) >= 11 is 0. The molecule has 0 aliphatic heterocycles. The molecule has 0 unspecified atom stereocenters. The average molecular weight is 234 g/mol. The van der Waals surface area contributed by atoms with Crippen molar-refractivity contribution in [1.29, 1.82) is 0 Å². The van der Waals surface area contributed by atoms with Crippen molar-refractivity contribution in [2.45, 2.75) is 19.8 Å². The van der Waals surface area contributed by atoms with Crippen LogP contribution in [0, 0.1) is 0 Å². The standard InChI is InChI=1S/C12H14N2O3/c1-9(15)13-14-11(7-8-12(16)17)10-5-3-2-4-6-10/h2-6H,7-8H2,1H3,(H,13,15)(H,16,17). The van der Waals surface area contributed by atoms with Crippen molar-refractivity contribution < 1.29 is 14.7 Å². The number of carbonyl (C=O) groups is 2. The molecule has 1 amide bonds. The molecule has 0 fully saturated rings. The summed E-state index contributed by atoms with van der Waals surface area (Å²) in [6, 6.07) is 9.17. The van der Waals surface area contributed by atoms with Gasteiger partial charge in [-0.15, -0.1) is 0 Å². The number of benzene rings is 1. The molecule has 0 saturated heterocycles. The van der Waals surface area contributed by atoms with Gasteiger partial charge in [-0.2, -0.15) is 5.10 Å². The third kappa shape index (κ3) is 4.92. The van der Waals surface area contributed by atoms with E-state index in [9.17, 15) is 9.59 Å². The van der Waals surface area contributed by atoms with Crippen LogP contribution >= 0.6 is 0 Å². The molecule has 0 aromatic heterocycles. The Hall–Kier alpha value is -2.17. The highest BCUT2D eigenvalue weighted by atomic mass is 16.4. The molecule has 1 aromatic carbocycles. The molecule has 1 aromatic rings. The molecule has 0 atom stereocenters. The van der Waals surface area contributed by atoms with Gasteiger partial charge in [0.25, 0.3) is 0 Å². The highest BCUT2D eigenvalue weighted by Crippen LogP contribution is 2.06. The van der Waals surface area contributed by atoms with E-state index in [1.807, 2.05) is 30.3 Å². The molecule has 90 valence electrons.